The zero-order valence-corrected chi connectivity index (χ0v) is 11.0. The van der Waals surface area contributed by atoms with Crippen LogP contribution in [-0.4, -0.2) is 25.0 Å². The van der Waals surface area contributed by atoms with Gasteiger partial charge >= 0.3 is 0 Å². The molecule has 0 fully saturated rings. The molecule has 1 aromatic carbocycles. The molecule has 2 unspecified atom stereocenters. The lowest BCUT2D eigenvalue weighted by Crippen LogP contribution is -2.51. The second-order valence-electron chi connectivity index (χ2n) is 5.51. The zero-order valence-electron chi connectivity index (χ0n) is 11.0. The van der Waals surface area contributed by atoms with E-state index >= 15 is 0 Å². The molecule has 2 rings (SSSR count). The Morgan fingerprint density at radius 2 is 2.12 bits per heavy atom. The van der Waals surface area contributed by atoms with Crippen LogP contribution < -0.4 is 5.73 Å². The van der Waals surface area contributed by atoms with Crippen molar-refractivity contribution in [2.24, 2.45) is 5.73 Å². The SMILES string of the molecule is C=C(C)CC1(N)c2ccccc2CC1N(C)C. The Labute approximate surface area is 104 Å². The number of hydrogen-bond acceptors (Lipinski definition) is 2. The Morgan fingerprint density at radius 1 is 1.47 bits per heavy atom. The molecule has 0 amide bonds. The van der Waals surface area contributed by atoms with Crippen LogP contribution in [0.15, 0.2) is 36.4 Å². The molecule has 0 saturated heterocycles. The van der Waals surface area contributed by atoms with Gasteiger partial charge < -0.3 is 10.6 Å². The van der Waals surface area contributed by atoms with E-state index < -0.39 is 0 Å². The van der Waals surface area contributed by atoms with Crippen LogP contribution in [-0.2, 0) is 12.0 Å². The fraction of sp³-hybridized carbons (Fsp3) is 0.467. The van der Waals surface area contributed by atoms with Gasteiger partial charge in [0.25, 0.3) is 0 Å². The molecule has 0 spiro atoms. The molecule has 1 aliphatic carbocycles. The minimum absolute atomic E-state index is 0.286. The summed E-state index contributed by atoms with van der Waals surface area (Å²) in [7, 11) is 4.22. The largest absolute Gasteiger partial charge is 0.320 e. The molecule has 0 radical (unpaired) electrons. The first kappa shape index (κ1) is 12.3. The zero-order chi connectivity index (χ0) is 12.6. The predicted molar refractivity (Wildman–Crippen MR) is 72.9 cm³/mol. The van der Waals surface area contributed by atoms with Gasteiger partial charge in [0.1, 0.15) is 0 Å². The second kappa shape index (κ2) is 4.28. The smallest absolute Gasteiger partial charge is 0.0610 e. The maximum absolute atomic E-state index is 6.71. The third-order valence-corrected chi connectivity index (χ3v) is 3.74. The summed E-state index contributed by atoms with van der Waals surface area (Å²) < 4.78 is 0. The van der Waals surface area contributed by atoms with Gasteiger partial charge in [0.05, 0.1) is 5.54 Å². The number of fused-ring (bicyclic) bond motifs is 1. The molecule has 0 saturated carbocycles. The van der Waals surface area contributed by atoms with Crippen molar-refractivity contribution in [3.63, 3.8) is 0 Å². The van der Waals surface area contributed by atoms with Crippen molar-refractivity contribution in [2.45, 2.75) is 31.3 Å². The molecule has 0 aromatic heterocycles. The summed E-state index contributed by atoms with van der Waals surface area (Å²) in [6.45, 7) is 6.09. The predicted octanol–water partition coefficient (Wildman–Crippen LogP) is 2.29. The van der Waals surface area contributed by atoms with Gasteiger partial charge in [-0.2, -0.15) is 0 Å². The van der Waals surface area contributed by atoms with E-state index in [0.29, 0.717) is 6.04 Å². The number of benzene rings is 1. The minimum atomic E-state index is -0.286. The van der Waals surface area contributed by atoms with Gasteiger partial charge in [0.2, 0.25) is 0 Å². The van der Waals surface area contributed by atoms with E-state index in [9.17, 15) is 0 Å². The highest BCUT2D eigenvalue weighted by atomic mass is 15.1. The quantitative estimate of drug-likeness (QED) is 0.807. The Bertz CT molecular complexity index is 436. The summed E-state index contributed by atoms with van der Waals surface area (Å²) in [4.78, 5) is 2.24. The van der Waals surface area contributed by atoms with E-state index in [2.05, 4.69) is 56.8 Å². The van der Waals surface area contributed by atoms with Crippen LogP contribution in [0.2, 0.25) is 0 Å². The van der Waals surface area contributed by atoms with Gasteiger partial charge in [0, 0.05) is 6.04 Å². The highest BCUT2D eigenvalue weighted by molar-refractivity contribution is 5.42. The first-order chi connectivity index (χ1) is 7.95. The van der Waals surface area contributed by atoms with Gasteiger partial charge in [-0.3, -0.25) is 0 Å². The molecule has 2 heteroatoms. The van der Waals surface area contributed by atoms with Crippen molar-refractivity contribution in [3.8, 4) is 0 Å². The van der Waals surface area contributed by atoms with Crippen molar-refractivity contribution in [1.29, 1.82) is 0 Å². The molecule has 2 N–H and O–H groups in total. The van der Waals surface area contributed by atoms with Crippen LogP contribution in [0.4, 0.5) is 0 Å². The van der Waals surface area contributed by atoms with E-state index in [1.165, 1.54) is 11.1 Å². The van der Waals surface area contributed by atoms with Crippen LogP contribution in [0.1, 0.15) is 24.5 Å². The average molecular weight is 230 g/mol. The number of hydrogen-bond donors (Lipinski definition) is 1. The van der Waals surface area contributed by atoms with Crippen molar-refractivity contribution in [3.05, 3.63) is 47.5 Å². The van der Waals surface area contributed by atoms with E-state index in [4.69, 9.17) is 5.73 Å². The molecule has 2 nitrogen and oxygen atoms in total. The molecular weight excluding hydrogens is 208 g/mol. The third-order valence-electron chi connectivity index (χ3n) is 3.74. The van der Waals surface area contributed by atoms with E-state index in [0.717, 1.165) is 18.4 Å². The fourth-order valence-corrected chi connectivity index (χ4v) is 3.08. The average Bonchev–Trinajstić information content (AvgIpc) is 2.52. The van der Waals surface area contributed by atoms with Crippen molar-refractivity contribution >= 4 is 0 Å². The molecule has 0 heterocycles. The number of likely N-dealkylation sites (N-methyl/N-ethyl adjacent to an activating group) is 1. The maximum Gasteiger partial charge on any atom is 0.0610 e. The van der Waals surface area contributed by atoms with Crippen molar-refractivity contribution < 1.29 is 0 Å². The lowest BCUT2D eigenvalue weighted by atomic mass is 9.83. The van der Waals surface area contributed by atoms with Crippen molar-refractivity contribution in [2.75, 3.05) is 14.1 Å². The Hall–Kier alpha value is -1.12. The molecule has 17 heavy (non-hydrogen) atoms. The standard InChI is InChI=1S/C15H22N2/c1-11(2)10-15(16)13-8-6-5-7-12(13)9-14(15)17(3)4/h5-8,14H,1,9-10,16H2,2-4H3. The topological polar surface area (TPSA) is 29.3 Å². The van der Waals surface area contributed by atoms with Crippen molar-refractivity contribution in [1.82, 2.24) is 4.90 Å². The monoisotopic (exact) mass is 230 g/mol. The minimum Gasteiger partial charge on any atom is -0.320 e. The second-order valence-corrected chi connectivity index (χ2v) is 5.51. The highest BCUT2D eigenvalue weighted by Crippen LogP contribution is 2.40. The van der Waals surface area contributed by atoms with E-state index in [1.54, 1.807) is 0 Å². The summed E-state index contributed by atoms with van der Waals surface area (Å²) in [5.74, 6) is 0. The van der Waals surface area contributed by atoms with E-state index in [1.807, 2.05) is 0 Å². The number of nitrogens with zero attached hydrogens (tertiary/aromatic N) is 1. The maximum atomic E-state index is 6.71. The Morgan fingerprint density at radius 3 is 2.71 bits per heavy atom. The molecule has 92 valence electrons. The number of rotatable bonds is 3. The summed E-state index contributed by atoms with van der Waals surface area (Å²) in [5, 5.41) is 0. The molecule has 0 bridgehead atoms. The van der Waals surface area contributed by atoms with Crippen LogP contribution >= 0.6 is 0 Å². The highest BCUT2D eigenvalue weighted by Gasteiger charge is 2.44. The first-order valence-corrected chi connectivity index (χ1v) is 6.13. The third kappa shape index (κ3) is 2.03. The van der Waals surface area contributed by atoms with Gasteiger partial charge in [-0.25, -0.2) is 0 Å². The summed E-state index contributed by atoms with van der Waals surface area (Å²) in [5.41, 5.74) is 10.3. The molecule has 1 aliphatic rings. The van der Waals surface area contributed by atoms with Gasteiger partial charge in [-0.15, -0.1) is 6.58 Å². The van der Waals surface area contributed by atoms with Crippen LogP contribution in [0, 0.1) is 0 Å². The summed E-state index contributed by atoms with van der Waals surface area (Å²) in [6, 6.07) is 8.90. The van der Waals surface area contributed by atoms with E-state index in [-0.39, 0.29) is 5.54 Å². The summed E-state index contributed by atoms with van der Waals surface area (Å²) in [6.07, 6.45) is 1.89. The Kier molecular flexibility index (Phi) is 3.11. The molecule has 0 aliphatic heterocycles. The molecular formula is C15H22N2. The van der Waals surface area contributed by atoms with Crippen LogP contribution in [0.25, 0.3) is 0 Å². The van der Waals surface area contributed by atoms with Crippen LogP contribution in [0.5, 0.6) is 0 Å². The van der Waals surface area contributed by atoms with Crippen LogP contribution in [0.3, 0.4) is 0 Å². The lowest BCUT2D eigenvalue weighted by molar-refractivity contribution is 0.192. The molecule has 1 aromatic rings. The Balaban J connectivity index is 2.46. The fourth-order valence-electron chi connectivity index (χ4n) is 3.08. The molecule has 2 atom stereocenters. The summed E-state index contributed by atoms with van der Waals surface area (Å²) >= 11 is 0. The normalized spacial score (nSPS) is 27.2. The number of nitrogens with two attached hydrogens (primary N) is 1. The van der Waals surface area contributed by atoms with Gasteiger partial charge in [-0.05, 0) is 45.0 Å². The lowest BCUT2D eigenvalue weighted by Gasteiger charge is -2.37. The van der Waals surface area contributed by atoms with Gasteiger partial charge in [0.15, 0.2) is 0 Å². The first-order valence-electron chi connectivity index (χ1n) is 6.13. The van der Waals surface area contributed by atoms with Gasteiger partial charge in [-0.1, -0.05) is 29.8 Å².